The molecule has 3 aromatic rings. The number of nitrogens with zero attached hydrogens (tertiary/aromatic N) is 1. The molecule has 4 rings (SSSR count). The second-order valence-electron chi connectivity index (χ2n) is 6.87. The Balaban J connectivity index is 1.65. The van der Waals surface area contributed by atoms with Gasteiger partial charge in [-0.15, -0.1) is 0 Å². The van der Waals surface area contributed by atoms with Crippen LogP contribution in [0.3, 0.4) is 0 Å². The Bertz CT molecular complexity index is 1230. The van der Waals surface area contributed by atoms with Crippen LogP contribution in [0.1, 0.15) is 5.56 Å². The number of rotatable bonds is 6. The van der Waals surface area contributed by atoms with E-state index >= 15 is 0 Å². The summed E-state index contributed by atoms with van der Waals surface area (Å²) in [5.41, 5.74) is 1.47. The van der Waals surface area contributed by atoms with E-state index in [1.165, 1.54) is 12.1 Å². The molecule has 0 saturated carbocycles. The van der Waals surface area contributed by atoms with E-state index in [2.05, 4.69) is 5.32 Å². The van der Waals surface area contributed by atoms with Gasteiger partial charge in [0, 0.05) is 16.8 Å². The number of hydrogen-bond donors (Lipinski definition) is 1. The Morgan fingerprint density at radius 2 is 1.77 bits per heavy atom. The lowest BCUT2D eigenvalue weighted by Gasteiger charge is -2.25. The quantitative estimate of drug-likeness (QED) is 0.598. The first-order chi connectivity index (χ1) is 14.8. The predicted molar refractivity (Wildman–Crippen MR) is 118 cm³/mol. The van der Waals surface area contributed by atoms with Gasteiger partial charge in [0.1, 0.15) is 6.54 Å². The summed E-state index contributed by atoms with van der Waals surface area (Å²) in [5.74, 6) is 0.593. The van der Waals surface area contributed by atoms with Gasteiger partial charge in [0.05, 0.1) is 10.6 Å². The summed E-state index contributed by atoms with van der Waals surface area (Å²) in [6.45, 7) is 1.43. The maximum atomic E-state index is 13.4. The molecule has 1 heterocycles. The number of carbonyl (C=O) groups is 1. The van der Waals surface area contributed by atoms with Crippen molar-refractivity contribution in [2.75, 3.05) is 23.0 Å². The van der Waals surface area contributed by atoms with Crippen LogP contribution in [0.5, 0.6) is 11.5 Å². The van der Waals surface area contributed by atoms with E-state index in [1.54, 1.807) is 61.5 Å². The van der Waals surface area contributed by atoms with Gasteiger partial charge in [-0.2, -0.15) is 0 Å². The number of halogens is 1. The molecule has 0 bridgehead atoms. The standard InChI is InChI=1S/C22H19ClN2O5S/c1-15-11-16(23)7-9-19(15)25(31(27,28)18-5-3-2-4-6-18)13-22(26)24-17-8-10-20-21(12-17)30-14-29-20/h2-12H,13-14H2,1H3,(H,24,26). The largest absolute Gasteiger partial charge is 0.454 e. The topological polar surface area (TPSA) is 84.9 Å². The third kappa shape index (κ3) is 4.45. The summed E-state index contributed by atoms with van der Waals surface area (Å²) in [4.78, 5) is 12.9. The van der Waals surface area contributed by atoms with Crippen molar-refractivity contribution in [2.45, 2.75) is 11.8 Å². The SMILES string of the molecule is Cc1cc(Cl)ccc1N(CC(=O)Nc1ccc2c(c1)OCO2)S(=O)(=O)c1ccccc1. The van der Waals surface area contributed by atoms with Crippen molar-refractivity contribution in [3.05, 3.63) is 77.3 Å². The van der Waals surface area contributed by atoms with Gasteiger partial charge in [-0.25, -0.2) is 8.42 Å². The third-order valence-corrected chi connectivity index (χ3v) is 6.71. The summed E-state index contributed by atoms with van der Waals surface area (Å²) in [6.07, 6.45) is 0. The van der Waals surface area contributed by atoms with E-state index in [-0.39, 0.29) is 11.7 Å². The number of ether oxygens (including phenoxy) is 2. The Morgan fingerprint density at radius 3 is 2.52 bits per heavy atom. The number of amides is 1. The van der Waals surface area contributed by atoms with Gasteiger partial charge in [-0.05, 0) is 55.0 Å². The lowest BCUT2D eigenvalue weighted by Crippen LogP contribution is -2.38. The molecule has 160 valence electrons. The normalized spacial score (nSPS) is 12.5. The Kier molecular flexibility index (Phi) is 5.75. The van der Waals surface area contributed by atoms with Gasteiger partial charge < -0.3 is 14.8 Å². The summed E-state index contributed by atoms with van der Waals surface area (Å²) >= 11 is 6.04. The lowest BCUT2D eigenvalue weighted by atomic mass is 10.2. The molecule has 1 aliphatic heterocycles. The lowest BCUT2D eigenvalue weighted by molar-refractivity contribution is -0.114. The summed E-state index contributed by atoms with van der Waals surface area (Å²) in [5, 5.41) is 3.19. The van der Waals surface area contributed by atoms with Gasteiger partial charge in [0.25, 0.3) is 10.0 Å². The fourth-order valence-corrected chi connectivity index (χ4v) is 4.96. The van der Waals surface area contributed by atoms with Crippen LogP contribution in [0, 0.1) is 6.92 Å². The number of fused-ring (bicyclic) bond motifs is 1. The van der Waals surface area contributed by atoms with Crippen LogP contribution >= 0.6 is 11.6 Å². The molecule has 1 N–H and O–H groups in total. The number of sulfonamides is 1. The first kappa shape index (κ1) is 21.0. The van der Waals surface area contributed by atoms with Crippen LogP contribution < -0.4 is 19.1 Å². The van der Waals surface area contributed by atoms with Gasteiger partial charge in [0.15, 0.2) is 11.5 Å². The molecule has 31 heavy (non-hydrogen) atoms. The molecule has 0 fully saturated rings. The van der Waals surface area contributed by atoms with Crippen molar-refractivity contribution in [3.63, 3.8) is 0 Å². The van der Waals surface area contributed by atoms with E-state index in [1.807, 2.05) is 0 Å². The average molecular weight is 459 g/mol. The highest BCUT2D eigenvalue weighted by molar-refractivity contribution is 7.92. The number of hydrogen-bond acceptors (Lipinski definition) is 5. The molecule has 0 aromatic heterocycles. The number of carbonyl (C=O) groups excluding carboxylic acids is 1. The van der Waals surface area contributed by atoms with E-state index in [4.69, 9.17) is 21.1 Å². The molecule has 9 heteroatoms. The molecule has 0 radical (unpaired) electrons. The molecule has 0 atom stereocenters. The van der Waals surface area contributed by atoms with Gasteiger partial charge in [0.2, 0.25) is 12.7 Å². The molecule has 3 aromatic carbocycles. The average Bonchev–Trinajstić information content (AvgIpc) is 3.21. The molecule has 0 unspecified atom stereocenters. The van der Waals surface area contributed by atoms with Crippen molar-refractivity contribution >= 4 is 38.9 Å². The van der Waals surface area contributed by atoms with Gasteiger partial charge in [-0.1, -0.05) is 29.8 Å². The van der Waals surface area contributed by atoms with Crippen molar-refractivity contribution in [1.82, 2.24) is 0 Å². The molecular weight excluding hydrogens is 440 g/mol. The monoisotopic (exact) mass is 458 g/mol. The zero-order valence-corrected chi connectivity index (χ0v) is 18.1. The van der Waals surface area contributed by atoms with Crippen molar-refractivity contribution in [3.8, 4) is 11.5 Å². The zero-order chi connectivity index (χ0) is 22.0. The summed E-state index contributed by atoms with van der Waals surface area (Å²) in [7, 11) is -4.00. The smallest absolute Gasteiger partial charge is 0.264 e. The second-order valence-corrected chi connectivity index (χ2v) is 9.17. The second kappa shape index (κ2) is 8.49. The first-order valence-electron chi connectivity index (χ1n) is 9.38. The minimum Gasteiger partial charge on any atom is -0.454 e. The predicted octanol–water partition coefficient (Wildman–Crippen LogP) is 4.21. The first-order valence-corrected chi connectivity index (χ1v) is 11.2. The number of anilines is 2. The molecule has 0 aliphatic carbocycles. The van der Waals surface area contributed by atoms with E-state index in [0.29, 0.717) is 33.5 Å². The summed E-state index contributed by atoms with van der Waals surface area (Å²) < 4.78 is 38.4. The van der Waals surface area contributed by atoms with Gasteiger partial charge >= 0.3 is 0 Å². The van der Waals surface area contributed by atoms with Crippen molar-refractivity contribution in [1.29, 1.82) is 0 Å². The highest BCUT2D eigenvalue weighted by atomic mass is 35.5. The number of aryl methyl sites for hydroxylation is 1. The van der Waals surface area contributed by atoms with E-state index in [0.717, 1.165) is 4.31 Å². The van der Waals surface area contributed by atoms with Crippen molar-refractivity contribution in [2.24, 2.45) is 0 Å². The molecule has 7 nitrogen and oxygen atoms in total. The molecular formula is C22H19ClN2O5S. The molecule has 0 spiro atoms. The minimum atomic E-state index is -4.00. The van der Waals surface area contributed by atoms with Crippen LogP contribution in [0.15, 0.2) is 71.6 Å². The van der Waals surface area contributed by atoms with Gasteiger partial charge in [-0.3, -0.25) is 9.10 Å². The van der Waals surface area contributed by atoms with Crippen LogP contribution in [-0.4, -0.2) is 27.7 Å². The fourth-order valence-electron chi connectivity index (χ4n) is 3.22. The Hall–Kier alpha value is -3.23. The van der Waals surface area contributed by atoms with E-state index in [9.17, 15) is 13.2 Å². The maximum absolute atomic E-state index is 13.4. The van der Waals surface area contributed by atoms with Crippen LogP contribution in [0.4, 0.5) is 11.4 Å². The van der Waals surface area contributed by atoms with Crippen molar-refractivity contribution < 1.29 is 22.7 Å². The molecule has 1 aliphatic rings. The van der Waals surface area contributed by atoms with Crippen LogP contribution in [0.2, 0.25) is 5.02 Å². The Labute approximate surface area is 185 Å². The Morgan fingerprint density at radius 1 is 1.03 bits per heavy atom. The maximum Gasteiger partial charge on any atom is 0.264 e. The third-order valence-electron chi connectivity index (χ3n) is 4.70. The zero-order valence-electron chi connectivity index (χ0n) is 16.5. The number of benzene rings is 3. The fraction of sp³-hybridized carbons (Fsp3) is 0.136. The molecule has 1 amide bonds. The summed E-state index contributed by atoms with van der Waals surface area (Å²) in [6, 6.07) is 17.8. The molecule has 0 saturated heterocycles. The van der Waals surface area contributed by atoms with Crippen LogP contribution in [0.25, 0.3) is 0 Å². The van der Waals surface area contributed by atoms with E-state index < -0.39 is 22.5 Å². The highest BCUT2D eigenvalue weighted by Gasteiger charge is 2.28. The van der Waals surface area contributed by atoms with Crippen LogP contribution in [-0.2, 0) is 14.8 Å². The minimum absolute atomic E-state index is 0.0835. The highest BCUT2D eigenvalue weighted by Crippen LogP contribution is 2.34. The number of nitrogens with one attached hydrogen (secondary N) is 1.